The number of ether oxygens (including phenoxy) is 2. The van der Waals surface area contributed by atoms with E-state index in [-0.39, 0.29) is 0 Å². The fraction of sp³-hybridized carbons (Fsp3) is 0.571. The van der Waals surface area contributed by atoms with Gasteiger partial charge in [-0.25, -0.2) is 0 Å². The molecule has 0 aliphatic heterocycles. The average Bonchev–Trinajstić information content (AvgIpc) is 2.32. The Hall–Kier alpha value is -1.22. The van der Waals surface area contributed by atoms with Crippen LogP contribution in [0.25, 0.3) is 0 Å². The average molecular weight is 235 g/mol. The van der Waals surface area contributed by atoms with Crippen LogP contribution >= 0.6 is 0 Å². The minimum atomic E-state index is 0.721. The molecule has 3 nitrogen and oxygen atoms in total. The highest BCUT2D eigenvalue weighted by atomic mass is 16.5. The number of hydrogen-bond donors (Lipinski definition) is 1. The Morgan fingerprint density at radius 1 is 1.18 bits per heavy atom. The lowest BCUT2D eigenvalue weighted by Crippen LogP contribution is -2.30. The standard InChI is InChI=1S/C14H21NO2/c1-16-13-5-7-14(8-6-13)17-10-9-15-11-12-3-2-4-12/h5-8,12,15H,2-4,9-11H2,1H3. The van der Waals surface area contributed by atoms with Crippen molar-refractivity contribution >= 4 is 0 Å². The zero-order valence-corrected chi connectivity index (χ0v) is 10.4. The first-order chi connectivity index (χ1) is 8.38. The van der Waals surface area contributed by atoms with E-state index in [9.17, 15) is 0 Å². The van der Waals surface area contributed by atoms with Gasteiger partial charge in [0.1, 0.15) is 18.1 Å². The van der Waals surface area contributed by atoms with Crippen molar-refractivity contribution in [3.63, 3.8) is 0 Å². The highest BCUT2D eigenvalue weighted by molar-refractivity contribution is 5.31. The van der Waals surface area contributed by atoms with Crippen LogP contribution < -0.4 is 14.8 Å². The second-order valence-corrected chi connectivity index (χ2v) is 4.53. The molecule has 0 aromatic heterocycles. The molecule has 1 aromatic carbocycles. The van der Waals surface area contributed by atoms with Gasteiger partial charge in [0.25, 0.3) is 0 Å². The Balaban J connectivity index is 1.57. The van der Waals surface area contributed by atoms with Crippen molar-refractivity contribution in [3.8, 4) is 11.5 Å². The number of methoxy groups -OCH3 is 1. The van der Waals surface area contributed by atoms with Gasteiger partial charge in [0.15, 0.2) is 0 Å². The molecule has 0 heterocycles. The van der Waals surface area contributed by atoms with Gasteiger partial charge in [0.05, 0.1) is 7.11 Å². The van der Waals surface area contributed by atoms with Crippen LogP contribution in [0.1, 0.15) is 19.3 Å². The zero-order chi connectivity index (χ0) is 11.9. The van der Waals surface area contributed by atoms with Crippen LogP contribution in [-0.4, -0.2) is 26.8 Å². The lowest BCUT2D eigenvalue weighted by Gasteiger charge is -2.25. The third-order valence-corrected chi connectivity index (χ3v) is 3.26. The van der Waals surface area contributed by atoms with E-state index >= 15 is 0 Å². The fourth-order valence-electron chi connectivity index (χ4n) is 1.92. The molecule has 0 unspecified atom stereocenters. The first kappa shape index (κ1) is 12.2. The molecule has 0 saturated heterocycles. The van der Waals surface area contributed by atoms with Gasteiger partial charge in [-0.1, -0.05) is 6.42 Å². The van der Waals surface area contributed by atoms with Gasteiger partial charge in [-0.15, -0.1) is 0 Å². The molecular formula is C14H21NO2. The van der Waals surface area contributed by atoms with E-state index in [0.29, 0.717) is 0 Å². The molecule has 1 saturated carbocycles. The highest BCUT2D eigenvalue weighted by Gasteiger charge is 2.15. The van der Waals surface area contributed by atoms with Crippen molar-refractivity contribution in [1.82, 2.24) is 5.32 Å². The second-order valence-electron chi connectivity index (χ2n) is 4.53. The van der Waals surface area contributed by atoms with Crippen LogP contribution in [0.15, 0.2) is 24.3 Å². The smallest absolute Gasteiger partial charge is 0.119 e. The van der Waals surface area contributed by atoms with Gasteiger partial charge < -0.3 is 14.8 Å². The number of rotatable bonds is 7. The molecule has 0 atom stereocenters. The molecule has 1 aromatic rings. The van der Waals surface area contributed by atoms with Gasteiger partial charge in [-0.2, -0.15) is 0 Å². The van der Waals surface area contributed by atoms with Gasteiger partial charge in [0.2, 0.25) is 0 Å². The number of hydrogen-bond acceptors (Lipinski definition) is 3. The normalized spacial score (nSPS) is 15.4. The Morgan fingerprint density at radius 3 is 2.47 bits per heavy atom. The lowest BCUT2D eigenvalue weighted by molar-refractivity contribution is 0.276. The van der Waals surface area contributed by atoms with Crippen molar-refractivity contribution in [1.29, 1.82) is 0 Å². The van der Waals surface area contributed by atoms with E-state index in [4.69, 9.17) is 9.47 Å². The Bertz CT molecular complexity index is 319. The van der Waals surface area contributed by atoms with Crippen molar-refractivity contribution in [2.45, 2.75) is 19.3 Å². The Labute approximate surface area is 103 Å². The molecule has 0 amide bonds. The minimum absolute atomic E-state index is 0.721. The maximum atomic E-state index is 5.62. The van der Waals surface area contributed by atoms with Crippen LogP contribution in [0, 0.1) is 5.92 Å². The minimum Gasteiger partial charge on any atom is -0.497 e. The fourth-order valence-corrected chi connectivity index (χ4v) is 1.92. The SMILES string of the molecule is COc1ccc(OCCNCC2CCC2)cc1. The van der Waals surface area contributed by atoms with E-state index in [0.717, 1.165) is 37.1 Å². The maximum absolute atomic E-state index is 5.62. The third-order valence-electron chi connectivity index (χ3n) is 3.26. The molecule has 3 heteroatoms. The van der Waals surface area contributed by atoms with Gasteiger partial charge in [-0.05, 0) is 49.6 Å². The number of nitrogens with one attached hydrogen (secondary N) is 1. The van der Waals surface area contributed by atoms with Gasteiger partial charge in [0, 0.05) is 6.54 Å². The largest absolute Gasteiger partial charge is 0.497 e. The predicted octanol–water partition coefficient (Wildman–Crippen LogP) is 2.46. The number of benzene rings is 1. The van der Waals surface area contributed by atoms with Crippen LogP contribution in [-0.2, 0) is 0 Å². The molecule has 1 aliphatic rings. The van der Waals surface area contributed by atoms with E-state index < -0.39 is 0 Å². The Morgan fingerprint density at radius 2 is 1.88 bits per heavy atom. The van der Waals surface area contributed by atoms with Crippen molar-refractivity contribution < 1.29 is 9.47 Å². The van der Waals surface area contributed by atoms with Crippen LogP contribution in [0.3, 0.4) is 0 Å². The summed E-state index contributed by atoms with van der Waals surface area (Å²) < 4.78 is 10.7. The van der Waals surface area contributed by atoms with E-state index in [1.165, 1.54) is 19.3 Å². The molecule has 0 radical (unpaired) electrons. The molecule has 1 aliphatic carbocycles. The molecule has 0 spiro atoms. The van der Waals surface area contributed by atoms with E-state index in [1.807, 2.05) is 24.3 Å². The Kier molecular flexibility index (Phi) is 4.68. The molecule has 1 N–H and O–H groups in total. The topological polar surface area (TPSA) is 30.5 Å². The summed E-state index contributed by atoms with van der Waals surface area (Å²) >= 11 is 0. The highest BCUT2D eigenvalue weighted by Crippen LogP contribution is 2.25. The first-order valence-electron chi connectivity index (χ1n) is 6.36. The first-order valence-corrected chi connectivity index (χ1v) is 6.36. The van der Waals surface area contributed by atoms with E-state index in [1.54, 1.807) is 7.11 Å². The molecule has 1 fully saturated rings. The third kappa shape index (κ3) is 3.93. The lowest BCUT2D eigenvalue weighted by atomic mass is 9.85. The molecule has 94 valence electrons. The summed E-state index contributed by atoms with van der Waals surface area (Å²) in [4.78, 5) is 0. The molecule has 2 rings (SSSR count). The summed E-state index contributed by atoms with van der Waals surface area (Å²) in [5.41, 5.74) is 0. The van der Waals surface area contributed by atoms with Crippen molar-refractivity contribution in [2.24, 2.45) is 5.92 Å². The van der Waals surface area contributed by atoms with Gasteiger partial charge >= 0.3 is 0 Å². The summed E-state index contributed by atoms with van der Waals surface area (Å²) in [7, 11) is 1.67. The summed E-state index contributed by atoms with van der Waals surface area (Å²) in [5.74, 6) is 2.67. The van der Waals surface area contributed by atoms with Crippen molar-refractivity contribution in [3.05, 3.63) is 24.3 Å². The quantitative estimate of drug-likeness (QED) is 0.736. The molecule has 0 bridgehead atoms. The summed E-state index contributed by atoms with van der Waals surface area (Å²) in [5, 5.41) is 3.43. The molecular weight excluding hydrogens is 214 g/mol. The summed E-state index contributed by atoms with van der Waals surface area (Å²) in [6, 6.07) is 7.70. The summed E-state index contributed by atoms with van der Waals surface area (Å²) in [6.07, 6.45) is 4.20. The maximum Gasteiger partial charge on any atom is 0.119 e. The predicted molar refractivity (Wildman–Crippen MR) is 68.7 cm³/mol. The van der Waals surface area contributed by atoms with Crippen LogP contribution in [0.4, 0.5) is 0 Å². The van der Waals surface area contributed by atoms with Crippen LogP contribution in [0.2, 0.25) is 0 Å². The molecule has 17 heavy (non-hydrogen) atoms. The zero-order valence-electron chi connectivity index (χ0n) is 10.4. The second kappa shape index (κ2) is 6.50. The van der Waals surface area contributed by atoms with Gasteiger partial charge in [-0.3, -0.25) is 0 Å². The van der Waals surface area contributed by atoms with Crippen LogP contribution in [0.5, 0.6) is 11.5 Å². The van der Waals surface area contributed by atoms with Crippen molar-refractivity contribution in [2.75, 3.05) is 26.8 Å². The monoisotopic (exact) mass is 235 g/mol. The van der Waals surface area contributed by atoms with E-state index in [2.05, 4.69) is 5.32 Å². The summed E-state index contributed by atoms with van der Waals surface area (Å²) in [6.45, 7) is 2.79.